The molecule has 0 bridgehead atoms. The van der Waals surface area contributed by atoms with Crippen molar-refractivity contribution in [3.8, 4) is 0 Å². The zero-order chi connectivity index (χ0) is 22.1. The maximum absolute atomic E-state index is 6.42. The van der Waals surface area contributed by atoms with Crippen LogP contribution in [0.1, 0.15) is 118 Å². The Morgan fingerprint density at radius 3 is 1.67 bits per heavy atom. The summed E-state index contributed by atoms with van der Waals surface area (Å²) in [6.45, 7) is 14.9. The second-order valence-electron chi connectivity index (χ2n) is 9.29. The van der Waals surface area contributed by atoms with Crippen LogP contribution in [0.25, 0.3) is 0 Å². The van der Waals surface area contributed by atoms with E-state index in [-0.39, 0.29) is 5.92 Å². The SMILES string of the molecule is CCCCCCCCC(CCC1(CC)COC1)C(OCCC)(OCCC)OCCC. The van der Waals surface area contributed by atoms with Gasteiger partial charge in [0.1, 0.15) is 0 Å². The zero-order valence-electron chi connectivity index (χ0n) is 20.9. The minimum absolute atomic E-state index is 0.275. The van der Waals surface area contributed by atoms with Crippen molar-refractivity contribution in [3.05, 3.63) is 0 Å². The second-order valence-corrected chi connectivity index (χ2v) is 9.29. The quantitative estimate of drug-likeness (QED) is 0.140. The molecular weight excluding hydrogens is 376 g/mol. The topological polar surface area (TPSA) is 36.9 Å². The number of rotatable bonds is 21. The summed E-state index contributed by atoms with van der Waals surface area (Å²) in [5.41, 5.74) is 0.353. The average molecular weight is 429 g/mol. The van der Waals surface area contributed by atoms with Gasteiger partial charge < -0.3 is 18.9 Å². The van der Waals surface area contributed by atoms with Crippen LogP contribution in [-0.2, 0) is 18.9 Å². The minimum Gasteiger partial charge on any atom is -0.380 e. The van der Waals surface area contributed by atoms with Gasteiger partial charge in [0.15, 0.2) is 0 Å². The van der Waals surface area contributed by atoms with E-state index < -0.39 is 5.97 Å². The predicted octanol–water partition coefficient (Wildman–Crippen LogP) is 7.49. The molecule has 0 aromatic rings. The van der Waals surface area contributed by atoms with Gasteiger partial charge in [-0.1, -0.05) is 73.1 Å². The molecule has 0 aromatic carbocycles. The maximum atomic E-state index is 6.42. The van der Waals surface area contributed by atoms with E-state index in [4.69, 9.17) is 18.9 Å². The van der Waals surface area contributed by atoms with E-state index in [1.54, 1.807) is 0 Å². The largest absolute Gasteiger partial charge is 0.380 e. The highest BCUT2D eigenvalue weighted by Crippen LogP contribution is 2.41. The molecular formula is C26H52O4. The molecule has 1 saturated heterocycles. The van der Waals surface area contributed by atoms with Crippen molar-refractivity contribution >= 4 is 0 Å². The summed E-state index contributed by atoms with van der Waals surface area (Å²) < 4.78 is 24.8. The number of ether oxygens (including phenoxy) is 4. The van der Waals surface area contributed by atoms with E-state index in [2.05, 4.69) is 34.6 Å². The number of unbranched alkanes of at least 4 members (excludes halogenated alkanes) is 5. The molecule has 1 unspecified atom stereocenters. The van der Waals surface area contributed by atoms with E-state index in [0.717, 1.165) is 45.3 Å². The van der Waals surface area contributed by atoms with Gasteiger partial charge >= 0.3 is 0 Å². The third kappa shape index (κ3) is 9.54. The first-order valence-electron chi connectivity index (χ1n) is 13.1. The van der Waals surface area contributed by atoms with Gasteiger partial charge in [0.05, 0.1) is 33.0 Å². The number of hydrogen-bond acceptors (Lipinski definition) is 4. The zero-order valence-corrected chi connectivity index (χ0v) is 20.9. The Morgan fingerprint density at radius 1 is 0.700 bits per heavy atom. The van der Waals surface area contributed by atoms with Crippen molar-refractivity contribution < 1.29 is 18.9 Å². The molecule has 180 valence electrons. The van der Waals surface area contributed by atoms with Crippen LogP contribution in [0.4, 0.5) is 0 Å². The highest BCUT2D eigenvalue weighted by molar-refractivity contribution is 4.86. The Kier molecular flexibility index (Phi) is 15.3. The van der Waals surface area contributed by atoms with E-state index in [0.29, 0.717) is 25.2 Å². The molecule has 0 aliphatic carbocycles. The van der Waals surface area contributed by atoms with Crippen LogP contribution in [0.5, 0.6) is 0 Å². The summed E-state index contributed by atoms with van der Waals surface area (Å²) in [4.78, 5) is 0. The van der Waals surface area contributed by atoms with Crippen molar-refractivity contribution in [1.29, 1.82) is 0 Å². The Labute approximate surface area is 187 Å². The molecule has 1 fully saturated rings. The minimum atomic E-state index is -0.884. The predicted molar refractivity (Wildman–Crippen MR) is 126 cm³/mol. The summed E-state index contributed by atoms with van der Waals surface area (Å²) in [5.74, 6) is -0.609. The van der Waals surface area contributed by atoms with Crippen LogP contribution in [0.15, 0.2) is 0 Å². The molecule has 4 heteroatoms. The van der Waals surface area contributed by atoms with Gasteiger partial charge in [0, 0.05) is 11.3 Å². The lowest BCUT2D eigenvalue weighted by atomic mass is 9.76. The van der Waals surface area contributed by atoms with Gasteiger partial charge in [-0.25, -0.2) is 0 Å². The molecule has 1 aliphatic rings. The Balaban J connectivity index is 2.88. The molecule has 4 nitrogen and oxygen atoms in total. The van der Waals surface area contributed by atoms with Crippen molar-refractivity contribution in [3.63, 3.8) is 0 Å². The van der Waals surface area contributed by atoms with E-state index in [1.807, 2.05) is 0 Å². The lowest BCUT2D eigenvalue weighted by Crippen LogP contribution is -2.49. The maximum Gasteiger partial charge on any atom is 0.285 e. The normalized spacial score (nSPS) is 17.1. The summed E-state index contributed by atoms with van der Waals surface area (Å²) in [6.07, 6.45) is 15.4. The van der Waals surface area contributed by atoms with Crippen molar-refractivity contribution in [2.24, 2.45) is 11.3 Å². The van der Waals surface area contributed by atoms with Crippen LogP contribution in [-0.4, -0.2) is 39.0 Å². The molecule has 0 saturated carbocycles. The molecule has 0 N–H and O–H groups in total. The highest BCUT2D eigenvalue weighted by Gasteiger charge is 2.45. The number of hydrogen-bond donors (Lipinski definition) is 0. The lowest BCUT2D eigenvalue weighted by Gasteiger charge is -2.44. The van der Waals surface area contributed by atoms with Gasteiger partial charge in [-0.2, -0.15) is 0 Å². The molecule has 1 rings (SSSR count). The molecule has 30 heavy (non-hydrogen) atoms. The van der Waals surface area contributed by atoms with Gasteiger partial charge in [-0.3, -0.25) is 0 Å². The molecule has 0 amide bonds. The van der Waals surface area contributed by atoms with Crippen LogP contribution < -0.4 is 0 Å². The highest BCUT2D eigenvalue weighted by atomic mass is 16.9. The first kappa shape index (κ1) is 27.9. The average Bonchev–Trinajstić information content (AvgIpc) is 2.74. The smallest absolute Gasteiger partial charge is 0.285 e. The van der Waals surface area contributed by atoms with E-state index in [9.17, 15) is 0 Å². The first-order chi connectivity index (χ1) is 14.6. The van der Waals surface area contributed by atoms with Crippen molar-refractivity contribution in [2.45, 2.75) is 124 Å². The molecule has 0 spiro atoms. The fraction of sp³-hybridized carbons (Fsp3) is 1.00. The van der Waals surface area contributed by atoms with Gasteiger partial charge in [-0.15, -0.1) is 0 Å². The summed E-state index contributed by atoms with van der Waals surface area (Å²) in [7, 11) is 0. The van der Waals surface area contributed by atoms with Gasteiger partial charge in [-0.05, 0) is 44.9 Å². The summed E-state index contributed by atoms with van der Waals surface area (Å²) in [5, 5.41) is 0. The van der Waals surface area contributed by atoms with Gasteiger partial charge in [0.25, 0.3) is 5.97 Å². The Morgan fingerprint density at radius 2 is 1.23 bits per heavy atom. The monoisotopic (exact) mass is 428 g/mol. The fourth-order valence-corrected chi connectivity index (χ4v) is 4.28. The summed E-state index contributed by atoms with van der Waals surface area (Å²) >= 11 is 0. The Bertz CT molecular complexity index is 367. The molecule has 1 atom stereocenters. The van der Waals surface area contributed by atoms with Crippen LogP contribution >= 0.6 is 0 Å². The Hall–Kier alpha value is -0.160. The van der Waals surface area contributed by atoms with Gasteiger partial charge in [0.2, 0.25) is 0 Å². The van der Waals surface area contributed by atoms with Crippen molar-refractivity contribution in [2.75, 3.05) is 33.0 Å². The van der Waals surface area contributed by atoms with E-state index >= 15 is 0 Å². The third-order valence-electron chi connectivity index (χ3n) is 6.52. The standard InChI is InChI=1S/C26H52O4/c1-6-11-12-13-14-15-16-24(17-18-25(10-5)22-27-23-25)26(28-19-7-2,29-20-8-3)30-21-9-4/h24H,6-23H2,1-5H3. The molecule has 1 heterocycles. The first-order valence-corrected chi connectivity index (χ1v) is 13.1. The summed E-state index contributed by atoms with van der Waals surface area (Å²) in [6, 6.07) is 0. The van der Waals surface area contributed by atoms with E-state index in [1.165, 1.54) is 51.4 Å². The second kappa shape index (κ2) is 16.5. The third-order valence-corrected chi connectivity index (χ3v) is 6.52. The van der Waals surface area contributed by atoms with Crippen LogP contribution in [0, 0.1) is 11.3 Å². The molecule has 0 aromatic heterocycles. The molecule has 1 aliphatic heterocycles. The van der Waals surface area contributed by atoms with Crippen molar-refractivity contribution in [1.82, 2.24) is 0 Å². The fourth-order valence-electron chi connectivity index (χ4n) is 4.28. The van der Waals surface area contributed by atoms with Crippen LogP contribution in [0.2, 0.25) is 0 Å². The molecule has 0 radical (unpaired) electrons. The lowest BCUT2D eigenvalue weighted by molar-refractivity contribution is -0.407. The van der Waals surface area contributed by atoms with Crippen LogP contribution in [0.3, 0.4) is 0 Å².